The number of carboxylic acids is 1. The predicted octanol–water partition coefficient (Wildman–Crippen LogP) is 2.33. The third-order valence-electron chi connectivity index (χ3n) is 3.52. The number of carbonyl (C=O) groups is 2. The first-order chi connectivity index (χ1) is 11.5. The van der Waals surface area contributed by atoms with E-state index >= 15 is 0 Å². The Kier molecular flexibility index (Phi) is 6.03. The van der Waals surface area contributed by atoms with Crippen LogP contribution in [-0.2, 0) is 20.7 Å². The number of halogens is 1. The molecule has 2 N–H and O–H groups in total. The standard InChI is InChI=1S/C18H18FNO4/c1-24-16(13-7-3-2-4-8-13)17(21)20-15(18(22)23)11-12-6-5-9-14(19)10-12/h2-10,15-16H,11H2,1H3,(H,20,21)(H,22,23)/t15-,16+/m0/s1. The maximum Gasteiger partial charge on any atom is 0.326 e. The summed E-state index contributed by atoms with van der Waals surface area (Å²) < 4.78 is 18.4. The Hall–Kier alpha value is -2.73. The summed E-state index contributed by atoms with van der Waals surface area (Å²) in [5, 5.41) is 11.8. The maximum absolute atomic E-state index is 13.2. The van der Waals surface area contributed by atoms with Crippen LogP contribution in [0, 0.1) is 5.82 Å². The minimum Gasteiger partial charge on any atom is -0.480 e. The monoisotopic (exact) mass is 331 g/mol. The van der Waals surface area contributed by atoms with E-state index in [0.717, 1.165) is 0 Å². The van der Waals surface area contributed by atoms with Crippen molar-refractivity contribution in [1.29, 1.82) is 0 Å². The first kappa shape index (κ1) is 17.6. The van der Waals surface area contributed by atoms with Gasteiger partial charge in [0.05, 0.1) is 0 Å². The molecule has 24 heavy (non-hydrogen) atoms. The summed E-state index contributed by atoms with van der Waals surface area (Å²) in [6, 6.07) is 13.2. The molecule has 0 spiro atoms. The van der Waals surface area contributed by atoms with Crippen molar-refractivity contribution in [3.8, 4) is 0 Å². The normalized spacial score (nSPS) is 13.1. The minimum atomic E-state index is -1.20. The largest absolute Gasteiger partial charge is 0.480 e. The molecule has 0 aliphatic carbocycles. The fourth-order valence-electron chi connectivity index (χ4n) is 2.37. The number of hydrogen-bond donors (Lipinski definition) is 2. The van der Waals surface area contributed by atoms with Crippen molar-refractivity contribution in [1.82, 2.24) is 5.32 Å². The van der Waals surface area contributed by atoms with Crippen LogP contribution in [0.4, 0.5) is 4.39 Å². The number of aliphatic carboxylic acids is 1. The Bertz CT molecular complexity index is 705. The van der Waals surface area contributed by atoms with Crippen LogP contribution in [0.5, 0.6) is 0 Å². The second-order valence-electron chi connectivity index (χ2n) is 5.26. The van der Waals surface area contributed by atoms with Crippen molar-refractivity contribution in [3.05, 3.63) is 71.5 Å². The number of amides is 1. The van der Waals surface area contributed by atoms with Gasteiger partial charge in [0.15, 0.2) is 6.10 Å². The van der Waals surface area contributed by atoms with E-state index < -0.39 is 29.8 Å². The summed E-state index contributed by atoms with van der Waals surface area (Å²) in [5.74, 6) is -2.22. The average Bonchev–Trinajstić information content (AvgIpc) is 2.56. The zero-order valence-electron chi connectivity index (χ0n) is 13.1. The summed E-state index contributed by atoms with van der Waals surface area (Å²) in [6.45, 7) is 0. The molecule has 0 heterocycles. The van der Waals surface area contributed by atoms with Gasteiger partial charge in [0.1, 0.15) is 11.9 Å². The summed E-state index contributed by atoms with van der Waals surface area (Å²) in [7, 11) is 1.37. The Balaban J connectivity index is 2.11. The van der Waals surface area contributed by atoms with Gasteiger partial charge >= 0.3 is 5.97 Å². The first-order valence-electron chi connectivity index (χ1n) is 7.36. The van der Waals surface area contributed by atoms with Crippen LogP contribution >= 0.6 is 0 Å². The molecular weight excluding hydrogens is 313 g/mol. The predicted molar refractivity (Wildman–Crippen MR) is 85.9 cm³/mol. The third-order valence-corrected chi connectivity index (χ3v) is 3.52. The van der Waals surface area contributed by atoms with Crippen molar-refractivity contribution in [2.75, 3.05) is 7.11 Å². The highest BCUT2D eigenvalue weighted by molar-refractivity contribution is 5.87. The summed E-state index contributed by atoms with van der Waals surface area (Å²) in [6.07, 6.45) is -0.940. The van der Waals surface area contributed by atoms with E-state index in [4.69, 9.17) is 4.74 Å². The van der Waals surface area contributed by atoms with Crippen LogP contribution in [0.1, 0.15) is 17.2 Å². The number of hydrogen-bond acceptors (Lipinski definition) is 3. The third kappa shape index (κ3) is 4.63. The number of ether oxygens (including phenoxy) is 1. The molecule has 0 saturated carbocycles. The first-order valence-corrected chi connectivity index (χ1v) is 7.36. The molecule has 2 aromatic rings. The Morgan fingerprint density at radius 1 is 1.17 bits per heavy atom. The van der Waals surface area contributed by atoms with Crippen LogP contribution in [0.15, 0.2) is 54.6 Å². The van der Waals surface area contributed by atoms with E-state index in [1.807, 2.05) is 0 Å². The van der Waals surface area contributed by atoms with Gasteiger partial charge in [-0.1, -0.05) is 42.5 Å². The number of nitrogens with one attached hydrogen (secondary N) is 1. The topological polar surface area (TPSA) is 75.6 Å². The Morgan fingerprint density at radius 2 is 1.88 bits per heavy atom. The van der Waals surface area contributed by atoms with Crippen molar-refractivity contribution in [2.24, 2.45) is 0 Å². The summed E-state index contributed by atoms with van der Waals surface area (Å²) in [5.41, 5.74) is 1.10. The molecule has 5 nitrogen and oxygen atoms in total. The van der Waals surface area contributed by atoms with Gasteiger partial charge < -0.3 is 15.2 Å². The highest BCUT2D eigenvalue weighted by atomic mass is 19.1. The van der Waals surface area contributed by atoms with E-state index in [-0.39, 0.29) is 6.42 Å². The van der Waals surface area contributed by atoms with Gasteiger partial charge in [0, 0.05) is 13.5 Å². The molecule has 0 aliphatic heterocycles. The van der Waals surface area contributed by atoms with Crippen molar-refractivity contribution in [3.63, 3.8) is 0 Å². The van der Waals surface area contributed by atoms with Crippen molar-refractivity contribution >= 4 is 11.9 Å². The number of rotatable bonds is 7. The lowest BCUT2D eigenvalue weighted by atomic mass is 10.0. The average molecular weight is 331 g/mol. The van der Waals surface area contributed by atoms with Gasteiger partial charge in [-0.15, -0.1) is 0 Å². The van der Waals surface area contributed by atoms with Gasteiger partial charge in [-0.3, -0.25) is 4.79 Å². The molecule has 0 fully saturated rings. The van der Waals surface area contributed by atoms with E-state index in [9.17, 15) is 19.1 Å². The lowest BCUT2D eigenvalue weighted by Gasteiger charge is -2.20. The van der Waals surface area contributed by atoms with Gasteiger partial charge in [-0.05, 0) is 23.3 Å². The van der Waals surface area contributed by atoms with Crippen LogP contribution < -0.4 is 5.32 Å². The van der Waals surface area contributed by atoms with Gasteiger partial charge in [-0.2, -0.15) is 0 Å². The fourth-order valence-corrected chi connectivity index (χ4v) is 2.37. The Morgan fingerprint density at radius 3 is 2.46 bits per heavy atom. The number of carbonyl (C=O) groups excluding carboxylic acids is 1. The molecule has 6 heteroatoms. The maximum atomic E-state index is 13.2. The fraction of sp³-hybridized carbons (Fsp3) is 0.222. The quantitative estimate of drug-likeness (QED) is 0.816. The molecular formula is C18H18FNO4. The molecule has 0 unspecified atom stereocenters. The van der Waals surface area contributed by atoms with E-state index in [1.165, 1.54) is 25.3 Å². The smallest absolute Gasteiger partial charge is 0.326 e. The van der Waals surface area contributed by atoms with Crippen LogP contribution in [0.25, 0.3) is 0 Å². The van der Waals surface area contributed by atoms with E-state index in [0.29, 0.717) is 11.1 Å². The van der Waals surface area contributed by atoms with E-state index in [1.54, 1.807) is 36.4 Å². The van der Waals surface area contributed by atoms with Crippen molar-refractivity contribution in [2.45, 2.75) is 18.6 Å². The zero-order chi connectivity index (χ0) is 17.5. The second kappa shape index (κ2) is 8.21. The molecule has 2 aromatic carbocycles. The Labute approximate surface area is 139 Å². The van der Waals surface area contributed by atoms with E-state index in [2.05, 4.69) is 5.32 Å². The molecule has 1 amide bonds. The minimum absolute atomic E-state index is 0.0238. The molecule has 126 valence electrons. The summed E-state index contributed by atoms with van der Waals surface area (Å²) >= 11 is 0. The highest BCUT2D eigenvalue weighted by Gasteiger charge is 2.26. The number of benzene rings is 2. The van der Waals surface area contributed by atoms with Crippen LogP contribution in [0.2, 0.25) is 0 Å². The molecule has 2 rings (SSSR count). The molecule has 0 saturated heterocycles. The molecule has 0 radical (unpaired) electrons. The second-order valence-corrected chi connectivity index (χ2v) is 5.26. The lowest BCUT2D eigenvalue weighted by Crippen LogP contribution is -2.44. The molecule has 0 aromatic heterocycles. The molecule has 0 aliphatic rings. The van der Waals surface area contributed by atoms with Crippen LogP contribution in [-0.4, -0.2) is 30.1 Å². The summed E-state index contributed by atoms with van der Waals surface area (Å²) in [4.78, 5) is 23.8. The van der Waals surface area contributed by atoms with Gasteiger partial charge in [0.2, 0.25) is 0 Å². The molecule has 2 atom stereocenters. The number of carboxylic acid groups (broad SMARTS) is 1. The van der Waals surface area contributed by atoms with Crippen LogP contribution in [0.3, 0.4) is 0 Å². The van der Waals surface area contributed by atoms with Gasteiger partial charge in [0.25, 0.3) is 5.91 Å². The van der Waals surface area contributed by atoms with Crippen molar-refractivity contribution < 1.29 is 23.8 Å². The van der Waals surface area contributed by atoms with Gasteiger partial charge in [-0.25, -0.2) is 9.18 Å². The SMILES string of the molecule is CO[C@@H](C(=O)N[C@@H](Cc1cccc(F)c1)C(=O)O)c1ccccc1. The lowest BCUT2D eigenvalue weighted by molar-refractivity contribution is -0.144. The highest BCUT2D eigenvalue weighted by Crippen LogP contribution is 2.17. The molecule has 0 bridgehead atoms. The zero-order valence-corrected chi connectivity index (χ0v) is 13.1. The number of methoxy groups -OCH3 is 1.